The zero-order chi connectivity index (χ0) is 4.57. The van der Waals surface area contributed by atoms with Crippen LogP contribution in [0.1, 0.15) is 0 Å². The van der Waals surface area contributed by atoms with Crippen LogP contribution >= 0.6 is 0 Å². The highest BCUT2D eigenvalue weighted by molar-refractivity contribution is 5.91. The fraction of sp³-hybridized carbons (Fsp3) is 0. The van der Waals surface area contributed by atoms with Crippen molar-refractivity contribution < 1.29 is 4.79 Å². The maximum absolute atomic E-state index is 9.65. The van der Waals surface area contributed by atoms with Gasteiger partial charge in [-0.15, -0.1) is 0 Å². The van der Waals surface area contributed by atoms with E-state index < -0.39 is 0 Å². The smallest absolute Gasteiger partial charge is 0.150 e. The third-order valence-electron chi connectivity index (χ3n) is 0.744. The van der Waals surface area contributed by atoms with Crippen LogP contribution in [0.5, 0.6) is 0 Å². The van der Waals surface area contributed by atoms with Gasteiger partial charge < -0.3 is 0 Å². The first-order valence-electron chi connectivity index (χ1n) is 1.71. The highest BCUT2D eigenvalue weighted by atomic mass is 16.1. The molecule has 0 aliphatic heterocycles. The minimum Gasteiger partial charge on any atom is -0.298 e. The lowest BCUT2D eigenvalue weighted by molar-refractivity contribution is -0.104. The van der Waals surface area contributed by atoms with E-state index in [1.165, 1.54) is 0 Å². The first kappa shape index (κ1) is 3.34. The molecule has 0 fully saturated rings. The van der Waals surface area contributed by atoms with E-state index in [2.05, 4.69) is 6.58 Å². The Kier molecular flexibility index (Phi) is 0.449. The van der Waals surface area contributed by atoms with E-state index in [1.807, 2.05) is 0 Å². The lowest BCUT2D eigenvalue weighted by Crippen LogP contribution is -1.58. The van der Waals surface area contributed by atoms with Crippen molar-refractivity contribution in [1.82, 2.24) is 0 Å². The molecule has 0 radical (unpaired) electrons. The lowest BCUT2D eigenvalue weighted by atomic mass is 10.5. The molecule has 1 heteroatoms. The summed E-state index contributed by atoms with van der Waals surface area (Å²) >= 11 is 0. The van der Waals surface area contributed by atoms with Gasteiger partial charge in [-0.05, 0) is 11.6 Å². The molecule has 0 aromatic heterocycles. The third-order valence-corrected chi connectivity index (χ3v) is 0.744. The van der Waals surface area contributed by atoms with Gasteiger partial charge in [-0.3, -0.25) is 4.79 Å². The first-order valence-corrected chi connectivity index (χ1v) is 1.71. The van der Waals surface area contributed by atoms with Gasteiger partial charge in [0.05, 0.1) is 0 Å². The van der Waals surface area contributed by atoms with Crippen LogP contribution in [0.15, 0.2) is 23.8 Å². The van der Waals surface area contributed by atoms with E-state index in [0.717, 1.165) is 17.4 Å². The van der Waals surface area contributed by atoms with Crippen LogP contribution in [0.4, 0.5) is 0 Å². The van der Waals surface area contributed by atoms with Gasteiger partial charge in [-0.25, -0.2) is 0 Å². The Balaban J connectivity index is 2.63. The maximum Gasteiger partial charge on any atom is 0.150 e. The number of rotatable bonds is 1. The molecule has 0 saturated carbocycles. The minimum absolute atomic E-state index is 0.759. The zero-order valence-electron chi connectivity index (χ0n) is 3.27. The predicted octanol–water partition coefficient (Wildman–Crippen LogP) is 0.681. The number of hydrogen-bond acceptors (Lipinski definition) is 1. The number of allylic oxidation sites excluding steroid dienone is 3. The van der Waals surface area contributed by atoms with Gasteiger partial charge in [-0.1, -0.05) is 6.58 Å². The number of hydrogen-bond donors (Lipinski definition) is 0. The lowest BCUT2D eigenvalue weighted by Gasteiger charge is -1.57. The fourth-order valence-corrected chi connectivity index (χ4v) is 0.261. The average molecular weight is 80.1 g/mol. The second-order valence-electron chi connectivity index (χ2n) is 1.24. The largest absolute Gasteiger partial charge is 0.298 e. The molecule has 0 aromatic carbocycles. The summed E-state index contributed by atoms with van der Waals surface area (Å²) in [6, 6.07) is 0. The summed E-state index contributed by atoms with van der Waals surface area (Å²) in [5.41, 5.74) is 1.64. The van der Waals surface area contributed by atoms with E-state index in [4.69, 9.17) is 0 Å². The fourth-order valence-electron chi connectivity index (χ4n) is 0.261. The second-order valence-corrected chi connectivity index (χ2v) is 1.24. The Morgan fingerprint density at radius 3 is 2.33 bits per heavy atom. The molecule has 1 rings (SSSR count). The summed E-state index contributed by atoms with van der Waals surface area (Å²) in [5, 5.41) is 0. The molecular formula is C5H4O. The quantitative estimate of drug-likeness (QED) is 0.423. The summed E-state index contributed by atoms with van der Waals surface area (Å²) in [6.45, 7) is 3.50. The molecular weight excluding hydrogens is 76.1 g/mol. The summed E-state index contributed by atoms with van der Waals surface area (Å²) in [5.74, 6) is 0. The molecule has 0 unspecified atom stereocenters. The Hall–Kier alpha value is -0.850. The number of carbonyl (C=O) groups is 1. The van der Waals surface area contributed by atoms with Crippen molar-refractivity contribution in [3.05, 3.63) is 23.8 Å². The van der Waals surface area contributed by atoms with Crippen molar-refractivity contribution in [3.8, 4) is 0 Å². The van der Waals surface area contributed by atoms with Crippen LogP contribution in [0, 0.1) is 0 Å². The van der Waals surface area contributed by atoms with Crippen LogP contribution in [-0.2, 0) is 4.79 Å². The molecule has 30 valence electrons. The van der Waals surface area contributed by atoms with Crippen molar-refractivity contribution in [2.45, 2.75) is 0 Å². The van der Waals surface area contributed by atoms with Crippen LogP contribution in [0.25, 0.3) is 0 Å². The van der Waals surface area contributed by atoms with Crippen molar-refractivity contribution in [1.29, 1.82) is 0 Å². The van der Waals surface area contributed by atoms with Crippen LogP contribution in [-0.4, -0.2) is 6.29 Å². The van der Waals surface area contributed by atoms with E-state index in [0.29, 0.717) is 0 Å². The highest BCUT2D eigenvalue weighted by Gasteiger charge is 2.09. The maximum atomic E-state index is 9.65. The van der Waals surface area contributed by atoms with Gasteiger partial charge in [0.1, 0.15) is 0 Å². The summed E-state index contributed by atoms with van der Waals surface area (Å²) in [7, 11) is 0. The van der Waals surface area contributed by atoms with E-state index >= 15 is 0 Å². The van der Waals surface area contributed by atoms with E-state index in [1.54, 1.807) is 6.08 Å². The minimum atomic E-state index is 0.759. The highest BCUT2D eigenvalue weighted by Crippen LogP contribution is 2.21. The molecule has 1 aliphatic rings. The van der Waals surface area contributed by atoms with Crippen molar-refractivity contribution in [2.24, 2.45) is 0 Å². The van der Waals surface area contributed by atoms with Crippen molar-refractivity contribution in [3.63, 3.8) is 0 Å². The molecule has 0 amide bonds. The monoisotopic (exact) mass is 80.0 g/mol. The van der Waals surface area contributed by atoms with Crippen LogP contribution in [0.2, 0.25) is 0 Å². The van der Waals surface area contributed by atoms with Gasteiger partial charge in [0, 0.05) is 5.57 Å². The molecule has 6 heavy (non-hydrogen) atoms. The molecule has 0 N–H and O–H groups in total. The van der Waals surface area contributed by atoms with Gasteiger partial charge in [0.25, 0.3) is 0 Å². The average Bonchev–Trinajstić information content (AvgIpc) is 2.19. The molecule has 0 spiro atoms. The van der Waals surface area contributed by atoms with Gasteiger partial charge >= 0.3 is 0 Å². The summed E-state index contributed by atoms with van der Waals surface area (Å²) in [6.07, 6.45) is 2.55. The Bertz CT molecular complexity index is 131. The van der Waals surface area contributed by atoms with E-state index in [9.17, 15) is 4.79 Å². The second kappa shape index (κ2) is 0.805. The summed E-state index contributed by atoms with van der Waals surface area (Å²) in [4.78, 5) is 9.65. The van der Waals surface area contributed by atoms with Gasteiger partial charge in [0.2, 0.25) is 0 Å². The van der Waals surface area contributed by atoms with Gasteiger partial charge in [0.15, 0.2) is 6.29 Å². The first-order chi connectivity index (χ1) is 2.84. The Morgan fingerprint density at radius 2 is 2.33 bits per heavy atom. The molecule has 0 saturated heterocycles. The van der Waals surface area contributed by atoms with Crippen molar-refractivity contribution >= 4 is 6.29 Å². The molecule has 1 nitrogen and oxygen atoms in total. The molecule has 0 atom stereocenters. The van der Waals surface area contributed by atoms with Crippen molar-refractivity contribution in [2.75, 3.05) is 0 Å². The SMILES string of the molecule is C=C1C=C1C=O. The number of carbonyl (C=O) groups excluding carboxylic acids is 1. The molecule has 0 heterocycles. The normalized spacial score (nSPS) is 16.7. The van der Waals surface area contributed by atoms with Crippen LogP contribution < -0.4 is 0 Å². The molecule has 0 bridgehead atoms. The van der Waals surface area contributed by atoms with Crippen LogP contribution in [0.3, 0.4) is 0 Å². The van der Waals surface area contributed by atoms with Gasteiger partial charge in [-0.2, -0.15) is 0 Å². The van der Waals surface area contributed by atoms with E-state index in [-0.39, 0.29) is 0 Å². The predicted molar refractivity (Wildman–Crippen MR) is 23.3 cm³/mol. The summed E-state index contributed by atoms with van der Waals surface area (Å²) < 4.78 is 0. The standard InChI is InChI=1S/C5H4O/c1-4-2-5(4)3-6/h2-3H,1H2. The Labute approximate surface area is 36.0 Å². The molecule has 1 aliphatic carbocycles. The topological polar surface area (TPSA) is 17.1 Å². The zero-order valence-corrected chi connectivity index (χ0v) is 3.27. The molecule has 0 aromatic rings. The number of aldehydes is 1. The Morgan fingerprint density at radius 1 is 1.83 bits per heavy atom. The third kappa shape index (κ3) is 0.285.